The predicted octanol–water partition coefficient (Wildman–Crippen LogP) is 5.29. The Labute approximate surface area is 303 Å². The van der Waals surface area contributed by atoms with Crippen molar-refractivity contribution in [1.29, 1.82) is 0 Å². The second-order valence-electron chi connectivity index (χ2n) is 17.7. The lowest BCUT2D eigenvalue weighted by atomic mass is 9.53. The van der Waals surface area contributed by atoms with E-state index in [1.54, 1.807) is 14.2 Å². The first-order chi connectivity index (χ1) is 25.1. The average Bonchev–Trinajstić information content (AvgIpc) is 3.33. The van der Waals surface area contributed by atoms with E-state index in [4.69, 9.17) is 18.6 Å². The largest absolute Gasteiger partial charge is 0.469 e. The molecule has 10 heterocycles. The summed E-state index contributed by atoms with van der Waals surface area (Å²) < 4.78 is 24.8. The van der Waals surface area contributed by atoms with Gasteiger partial charge in [-0.15, -0.1) is 0 Å². The van der Waals surface area contributed by atoms with E-state index in [-0.39, 0.29) is 58.6 Å². The summed E-state index contributed by atoms with van der Waals surface area (Å²) in [5, 5.41) is 2.19. The number of carbonyl (C=O) groups is 2. The van der Waals surface area contributed by atoms with Crippen LogP contribution in [0.5, 0.6) is 0 Å². The van der Waals surface area contributed by atoms with Crippen LogP contribution in [0, 0.1) is 23.7 Å². The zero-order chi connectivity index (χ0) is 35.5. The molecule has 0 radical (unpaired) electrons. The van der Waals surface area contributed by atoms with E-state index < -0.39 is 10.8 Å². The van der Waals surface area contributed by atoms with Crippen LogP contribution >= 0.6 is 0 Å². The molecule has 7 saturated heterocycles. The maximum atomic E-state index is 14.2. The molecule has 8 unspecified atom stereocenters. The number of nitrogens with zero attached hydrogens (tertiary/aromatic N) is 4. The average molecular weight is 705 g/mol. The minimum Gasteiger partial charge on any atom is -0.469 e. The number of rotatable bonds is 2. The second-order valence-corrected chi connectivity index (χ2v) is 17.7. The van der Waals surface area contributed by atoms with Gasteiger partial charge in [0.05, 0.1) is 32.2 Å². The predicted molar refractivity (Wildman–Crippen MR) is 195 cm³/mol. The molecule has 0 N–H and O–H groups in total. The molecule has 3 spiro atoms. The molecule has 10 nitrogen and oxygen atoms in total. The third kappa shape index (κ3) is 2.81. The Bertz CT molecular complexity index is 2230. The van der Waals surface area contributed by atoms with E-state index in [0.29, 0.717) is 0 Å². The Morgan fingerprint density at radius 2 is 1.40 bits per heavy atom. The molecule has 11 aliphatic rings. The van der Waals surface area contributed by atoms with Gasteiger partial charge in [0.15, 0.2) is 0 Å². The van der Waals surface area contributed by atoms with Crippen LogP contribution in [0.15, 0.2) is 40.3 Å². The first-order valence-corrected chi connectivity index (χ1v) is 19.6. The number of esters is 2. The zero-order valence-electron chi connectivity index (χ0n) is 31.1. The van der Waals surface area contributed by atoms with Gasteiger partial charge < -0.3 is 28.4 Å². The summed E-state index contributed by atoms with van der Waals surface area (Å²) in [5.74, 6) is -0.461. The first-order valence-electron chi connectivity index (χ1n) is 19.6. The lowest BCUT2D eigenvalue weighted by molar-refractivity contribution is -0.156. The molecule has 3 aromatic rings. The topological polar surface area (TPSA) is 91.2 Å². The molecule has 9 fully saturated rings. The lowest BCUT2D eigenvalue weighted by Crippen LogP contribution is -2.66. The summed E-state index contributed by atoms with van der Waals surface area (Å²) in [6.07, 6.45) is 8.15. The van der Waals surface area contributed by atoms with Crippen molar-refractivity contribution in [3.8, 4) is 0 Å². The standard InChI is InChI=1S/C42H48N4O6/c1-7-23-20-45-14-12-38-29-18-32-26(17-30(29)43(3)41(38,45)10-8-24(23)34(38)36(47)49-5)25-16-28-31(19-33(25)51-32)44(4)42-11-9-27-35(37(48)50-6)39(28,42)13-15-46(42)21-40(27)22(2)52-40/h7,16-19,22,24,27,34-35H,8-15,20-21H2,1-6H3/b23-7-/t22?,24-,27+,34?,35?,38-,39-,40?,41?,42?/m0/s1. The number of hydrogen-bond donors (Lipinski definition) is 0. The molecule has 14 rings (SSSR count). The fraction of sp³-hybridized carbons (Fsp3) is 0.619. The van der Waals surface area contributed by atoms with E-state index in [2.05, 4.69) is 77.9 Å². The number of methoxy groups -OCH3 is 2. The lowest BCUT2D eigenvalue weighted by Gasteiger charge is -2.54. The highest BCUT2D eigenvalue weighted by molar-refractivity contribution is 6.09. The number of benzene rings is 2. The highest BCUT2D eigenvalue weighted by Gasteiger charge is 2.82. The molecule has 8 bridgehead atoms. The van der Waals surface area contributed by atoms with Crippen LogP contribution in [0.1, 0.15) is 63.5 Å². The van der Waals surface area contributed by atoms with Gasteiger partial charge in [-0.3, -0.25) is 19.4 Å². The van der Waals surface area contributed by atoms with Crippen LogP contribution in [-0.2, 0) is 34.6 Å². The number of ether oxygens (including phenoxy) is 3. The van der Waals surface area contributed by atoms with Gasteiger partial charge in [0.2, 0.25) is 0 Å². The van der Waals surface area contributed by atoms with Crippen LogP contribution in [0.25, 0.3) is 21.9 Å². The fourth-order valence-electron chi connectivity index (χ4n) is 15.4. The maximum absolute atomic E-state index is 14.2. The van der Waals surface area contributed by atoms with Gasteiger partial charge in [-0.25, -0.2) is 0 Å². The van der Waals surface area contributed by atoms with E-state index in [0.717, 1.165) is 92.3 Å². The zero-order valence-corrected chi connectivity index (χ0v) is 31.1. The highest BCUT2D eigenvalue weighted by Crippen LogP contribution is 2.74. The van der Waals surface area contributed by atoms with Gasteiger partial charge in [-0.2, -0.15) is 0 Å². The summed E-state index contributed by atoms with van der Waals surface area (Å²) in [4.78, 5) is 38.6. The molecule has 9 aliphatic heterocycles. The van der Waals surface area contributed by atoms with Crippen molar-refractivity contribution in [3.63, 3.8) is 0 Å². The van der Waals surface area contributed by atoms with Gasteiger partial charge in [-0.1, -0.05) is 11.6 Å². The Morgan fingerprint density at radius 3 is 2.12 bits per heavy atom. The molecular weight excluding hydrogens is 656 g/mol. The van der Waals surface area contributed by atoms with Crippen LogP contribution in [0.2, 0.25) is 0 Å². The van der Waals surface area contributed by atoms with E-state index in [1.807, 2.05) is 0 Å². The minimum absolute atomic E-state index is 0.0907. The SMILES string of the molecule is C/C=C1/CN2CC[C@@]34c5cc6oc7cc8c(cc7c6cc5N(C)C23CC[C@@H]1C4C(=O)OC)[C@]12CCN3CC4(OC4C)[C@H](CCC31N8C)C2C(=O)OC. The molecule has 2 aliphatic carbocycles. The number of furan rings is 1. The van der Waals surface area contributed by atoms with Gasteiger partial charge >= 0.3 is 11.9 Å². The molecule has 10 heteroatoms. The molecule has 1 aromatic heterocycles. The van der Waals surface area contributed by atoms with Crippen molar-refractivity contribution in [2.45, 2.75) is 86.2 Å². The quantitative estimate of drug-likeness (QED) is 0.199. The molecule has 2 saturated carbocycles. The van der Waals surface area contributed by atoms with Crippen LogP contribution in [0.3, 0.4) is 0 Å². The summed E-state index contributed by atoms with van der Waals surface area (Å²) in [7, 11) is 7.60. The molecule has 52 heavy (non-hydrogen) atoms. The third-order valence-corrected chi connectivity index (χ3v) is 17.2. The molecule has 0 amide bonds. The fourth-order valence-corrected chi connectivity index (χ4v) is 15.4. The number of carbonyl (C=O) groups excluding carboxylic acids is 2. The summed E-state index contributed by atoms with van der Waals surface area (Å²) in [6, 6.07) is 9.28. The molecule has 2 aromatic carbocycles. The number of hydrogen-bond acceptors (Lipinski definition) is 10. The summed E-state index contributed by atoms with van der Waals surface area (Å²) in [5.41, 5.74) is 6.22. The van der Waals surface area contributed by atoms with Crippen molar-refractivity contribution in [2.24, 2.45) is 23.7 Å². The highest BCUT2D eigenvalue weighted by atomic mass is 16.6. The van der Waals surface area contributed by atoms with Gasteiger partial charge in [0, 0.05) is 85.2 Å². The van der Waals surface area contributed by atoms with E-state index >= 15 is 0 Å². The van der Waals surface area contributed by atoms with Crippen LogP contribution in [0.4, 0.5) is 11.4 Å². The van der Waals surface area contributed by atoms with Crippen LogP contribution in [-0.4, -0.2) is 99.3 Å². The van der Waals surface area contributed by atoms with E-state index in [9.17, 15) is 9.59 Å². The summed E-state index contributed by atoms with van der Waals surface area (Å²) in [6.45, 7) is 7.94. The minimum atomic E-state index is -0.414. The molecule has 12 atom stereocenters. The van der Waals surface area contributed by atoms with Gasteiger partial charge in [0.25, 0.3) is 0 Å². The number of epoxide rings is 1. The van der Waals surface area contributed by atoms with Crippen molar-refractivity contribution in [1.82, 2.24) is 9.80 Å². The van der Waals surface area contributed by atoms with Gasteiger partial charge in [0.1, 0.15) is 28.1 Å². The van der Waals surface area contributed by atoms with E-state index in [1.165, 1.54) is 22.4 Å². The van der Waals surface area contributed by atoms with Crippen LogP contribution < -0.4 is 9.80 Å². The van der Waals surface area contributed by atoms with Crippen molar-refractivity contribution in [3.05, 3.63) is 47.0 Å². The molecular formula is C42H48N4O6. The second kappa shape index (κ2) is 9.19. The Balaban J connectivity index is 1.09. The Hall–Kier alpha value is -3.60. The monoisotopic (exact) mass is 704 g/mol. The number of likely N-dealkylation sites (N-methyl/N-ethyl adjacent to an activating group) is 2. The number of allylic oxidation sites excluding steroid dienone is 1. The Morgan fingerprint density at radius 1 is 0.808 bits per heavy atom. The maximum Gasteiger partial charge on any atom is 0.310 e. The van der Waals surface area contributed by atoms with Crippen molar-refractivity contribution < 1.29 is 28.2 Å². The summed E-state index contributed by atoms with van der Waals surface area (Å²) >= 11 is 0. The first kappa shape index (κ1) is 30.8. The normalized spacial score (nSPS) is 46.1. The number of anilines is 2. The Kier molecular flexibility index (Phi) is 5.44. The van der Waals surface area contributed by atoms with Crippen molar-refractivity contribution >= 4 is 45.3 Å². The van der Waals surface area contributed by atoms with Crippen molar-refractivity contribution in [2.75, 3.05) is 64.3 Å². The van der Waals surface area contributed by atoms with Gasteiger partial charge in [-0.05, 0) is 87.6 Å². The smallest absolute Gasteiger partial charge is 0.310 e. The number of fused-ring (bicyclic) bond motifs is 8. The third-order valence-electron chi connectivity index (χ3n) is 17.2. The molecule has 272 valence electrons.